The Labute approximate surface area is 223 Å². The number of benzene rings is 1. The van der Waals surface area contributed by atoms with Crippen molar-refractivity contribution in [1.82, 2.24) is 4.90 Å². The molecule has 1 aromatic rings. The van der Waals surface area contributed by atoms with Gasteiger partial charge in [0.05, 0.1) is 18.9 Å². The second-order valence-electron chi connectivity index (χ2n) is 10.8. The number of ether oxygens (including phenoxy) is 1. The van der Waals surface area contributed by atoms with Gasteiger partial charge in [0.25, 0.3) is 0 Å². The Bertz CT molecular complexity index is 1220. The molecular formula is C28H38F4N2O3S. The third kappa shape index (κ3) is 6.79. The van der Waals surface area contributed by atoms with Gasteiger partial charge in [0.15, 0.2) is 9.84 Å². The van der Waals surface area contributed by atoms with Crippen LogP contribution in [0, 0.1) is 23.6 Å². The number of hydrogen-bond acceptors (Lipinski definition) is 5. The molecule has 2 heterocycles. The van der Waals surface area contributed by atoms with Crippen LogP contribution in [-0.2, 0) is 21.0 Å². The minimum absolute atomic E-state index is 0.107. The van der Waals surface area contributed by atoms with Crippen LogP contribution in [-0.4, -0.2) is 51.7 Å². The van der Waals surface area contributed by atoms with Gasteiger partial charge in [-0.2, -0.15) is 13.2 Å². The Hall–Kier alpha value is -2.36. The van der Waals surface area contributed by atoms with Crippen molar-refractivity contribution in [3.8, 4) is 0 Å². The zero-order chi connectivity index (χ0) is 28.4. The molecule has 0 bridgehead atoms. The molecule has 1 fully saturated rings. The smallest absolute Gasteiger partial charge is 0.416 e. The number of allylic oxidation sites excluding steroid dienone is 3. The van der Waals surface area contributed by atoms with Gasteiger partial charge in [0, 0.05) is 24.8 Å². The Morgan fingerprint density at radius 1 is 1.18 bits per heavy atom. The van der Waals surface area contributed by atoms with E-state index in [1.54, 1.807) is 19.9 Å². The normalized spacial score (nSPS) is 23.7. The number of alkyl halides is 3. The lowest BCUT2D eigenvalue weighted by Crippen LogP contribution is -2.38. The number of rotatable bonds is 7. The predicted octanol–water partition coefficient (Wildman–Crippen LogP) is 6.70. The van der Waals surface area contributed by atoms with Crippen molar-refractivity contribution in [3.05, 3.63) is 52.3 Å². The molecule has 10 heteroatoms. The molecule has 0 N–H and O–H groups in total. The second kappa shape index (κ2) is 11.8. The third-order valence-electron chi connectivity index (χ3n) is 7.86. The number of methoxy groups -OCH3 is 1. The van der Waals surface area contributed by atoms with Crippen LogP contribution in [0.15, 0.2) is 50.8 Å². The number of halogens is 4. The summed E-state index contributed by atoms with van der Waals surface area (Å²) < 4.78 is 84.7. The van der Waals surface area contributed by atoms with Crippen LogP contribution in [0.4, 0.5) is 17.6 Å². The van der Waals surface area contributed by atoms with Crippen LogP contribution >= 0.6 is 0 Å². The lowest BCUT2D eigenvalue weighted by atomic mass is 9.90. The summed E-state index contributed by atoms with van der Waals surface area (Å²) in [5, 5.41) is 0. The molecule has 0 aliphatic carbocycles. The molecule has 0 radical (unpaired) electrons. The number of aryl methyl sites for hydroxylation is 1. The van der Waals surface area contributed by atoms with E-state index in [0.717, 1.165) is 37.5 Å². The summed E-state index contributed by atoms with van der Waals surface area (Å²) in [4.78, 5) is 6.41. The van der Waals surface area contributed by atoms with E-state index in [9.17, 15) is 26.0 Å². The molecule has 3 rings (SSSR count). The van der Waals surface area contributed by atoms with E-state index >= 15 is 0 Å². The summed E-state index contributed by atoms with van der Waals surface area (Å²) in [7, 11) is -2.43. The fraction of sp³-hybridized carbons (Fsp3) is 0.607. The Morgan fingerprint density at radius 2 is 1.87 bits per heavy atom. The molecule has 2 aliphatic heterocycles. The van der Waals surface area contributed by atoms with E-state index in [2.05, 4.69) is 23.7 Å². The van der Waals surface area contributed by atoms with E-state index in [4.69, 9.17) is 4.74 Å². The fourth-order valence-corrected chi connectivity index (χ4v) is 6.35. The maximum Gasteiger partial charge on any atom is 0.416 e. The lowest BCUT2D eigenvalue weighted by molar-refractivity contribution is -0.0997. The highest BCUT2D eigenvalue weighted by Crippen LogP contribution is 2.41. The zero-order valence-corrected chi connectivity index (χ0v) is 23.7. The number of hydrogen-bond donors (Lipinski definition) is 0. The van der Waals surface area contributed by atoms with Crippen LogP contribution in [0.2, 0.25) is 0 Å². The predicted molar refractivity (Wildman–Crippen MR) is 141 cm³/mol. The average molecular weight is 559 g/mol. The highest BCUT2D eigenvalue weighted by molar-refractivity contribution is 7.90. The van der Waals surface area contributed by atoms with Gasteiger partial charge in [-0.3, -0.25) is 0 Å². The van der Waals surface area contributed by atoms with Crippen LogP contribution in [0.1, 0.15) is 58.9 Å². The van der Waals surface area contributed by atoms with Crippen molar-refractivity contribution in [3.63, 3.8) is 0 Å². The topological polar surface area (TPSA) is 59.0 Å². The van der Waals surface area contributed by atoms with E-state index in [-0.39, 0.29) is 22.6 Å². The van der Waals surface area contributed by atoms with Gasteiger partial charge in [-0.15, -0.1) is 0 Å². The number of nitrogens with zero attached hydrogens (tertiary/aromatic N) is 2. The monoisotopic (exact) mass is 558 g/mol. The Morgan fingerprint density at radius 3 is 2.45 bits per heavy atom. The first-order valence-corrected chi connectivity index (χ1v) is 14.9. The first-order valence-electron chi connectivity index (χ1n) is 13.0. The summed E-state index contributed by atoms with van der Waals surface area (Å²) in [6.45, 7) is 8.14. The van der Waals surface area contributed by atoms with Gasteiger partial charge >= 0.3 is 6.18 Å². The Balaban J connectivity index is 1.83. The molecule has 212 valence electrons. The zero-order valence-electron chi connectivity index (χ0n) is 22.9. The Kier molecular flexibility index (Phi) is 9.37. The minimum atomic E-state index is -4.54. The molecule has 3 atom stereocenters. The van der Waals surface area contributed by atoms with Crippen LogP contribution in [0.3, 0.4) is 0 Å². The molecule has 0 amide bonds. The van der Waals surface area contributed by atoms with E-state index in [1.165, 1.54) is 25.5 Å². The maximum absolute atomic E-state index is 14.0. The van der Waals surface area contributed by atoms with Gasteiger partial charge in [0.2, 0.25) is 0 Å². The van der Waals surface area contributed by atoms with Gasteiger partial charge in [0.1, 0.15) is 22.3 Å². The standard InChI is InChI=1S/C28H38F4N2O3S/c1-17(2)23-12-10-20(7-8-21-9-11-22(29)25(15-21)38(6,35)36)13-14-34(23)27-19(4)18(3)26(28(30,31)32)24(37-5)16-33-27/h9,11,15-18,20,23H,7-8,10,12-14H2,1-6H3/t18?,20?,23-/m0/s1. The molecular weight excluding hydrogens is 520 g/mol. The van der Waals surface area contributed by atoms with Crippen LogP contribution < -0.4 is 0 Å². The minimum Gasteiger partial charge on any atom is -0.495 e. The first-order chi connectivity index (χ1) is 17.6. The van der Waals surface area contributed by atoms with Crippen molar-refractivity contribution >= 4 is 16.1 Å². The molecule has 2 aliphatic rings. The second-order valence-corrected chi connectivity index (χ2v) is 12.8. The maximum atomic E-state index is 14.0. The van der Waals surface area contributed by atoms with E-state index in [1.807, 2.05) is 0 Å². The van der Waals surface area contributed by atoms with Gasteiger partial charge in [-0.1, -0.05) is 26.8 Å². The summed E-state index contributed by atoms with van der Waals surface area (Å²) in [6.07, 6.45) is 1.69. The SMILES string of the molecule is COC1=C(C(F)(F)F)C(C)C(C)=C(N2CCC(CCc3ccc(F)c(S(C)(=O)=O)c3)CC[C@H]2C(C)C)N=C1. The molecule has 0 aromatic heterocycles. The quantitative estimate of drug-likeness (QED) is 0.350. The van der Waals surface area contributed by atoms with Crippen molar-refractivity contribution in [2.45, 2.75) is 76.9 Å². The molecule has 5 nitrogen and oxygen atoms in total. The van der Waals surface area contributed by atoms with Crippen molar-refractivity contribution < 1.29 is 30.7 Å². The fourth-order valence-electron chi connectivity index (χ4n) is 5.56. The highest BCUT2D eigenvalue weighted by atomic mass is 32.2. The number of aliphatic imine (C=N–C) groups is 1. The van der Waals surface area contributed by atoms with Crippen LogP contribution in [0.5, 0.6) is 0 Å². The lowest BCUT2D eigenvalue weighted by Gasteiger charge is -2.36. The summed E-state index contributed by atoms with van der Waals surface area (Å²) in [5.41, 5.74) is 0.606. The summed E-state index contributed by atoms with van der Waals surface area (Å²) in [5.74, 6) is -0.754. The molecule has 1 aromatic carbocycles. The molecule has 38 heavy (non-hydrogen) atoms. The van der Waals surface area contributed by atoms with Crippen molar-refractivity contribution in [1.29, 1.82) is 0 Å². The molecule has 0 spiro atoms. The van der Waals surface area contributed by atoms with E-state index < -0.39 is 33.3 Å². The largest absolute Gasteiger partial charge is 0.495 e. The number of likely N-dealkylation sites (tertiary alicyclic amines) is 1. The molecule has 1 saturated heterocycles. The van der Waals surface area contributed by atoms with Gasteiger partial charge in [-0.05, 0) is 74.1 Å². The van der Waals surface area contributed by atoms with Crippen molar-refractivity contribution in [2.75, 3.05) is 19.9 Å². The highest BCUT2D eigenvalue weighted by Gasteiger charge is 2.43. The average Bonchev–Trinajstić information content (AvgIpc) is 3.10. The van der Waals surface area contributed by atoms with Crippen LogP contribution in [0.25, 0.3) is 0 Å². The van der Waals surface area contributed by atoms with E-state index in [0.29, 0.717) is 30.3 Å². The van der Waals surface area contributed by atoms with Crippen molar-refractivity contribution in [2.24, 2.45) is 22.7 Å². The van der Waals surface area contributed by atoms with Gasteiger partial charge < -0.3 is 9.64 Å². The molecule has 0 saturated carbocycles. The first kappa shape index (κ1) is 30.2. The molecule has 2 unspecified atom stereocenters. The third-order valence-corrected chi connectivity index (χ3v) is 8.97. The number of sulfone groups is 1. The van der Waals surface area contributed by atoms with Gasteiger partial charge in [-0.25, -0.2) is 17.8 Å². The summed E-state index contributed by atoms with van der Waals surface area (Å²) >= 11 is 0. The summed E-state index contributed by atoms with van der Waals surface area (Å²) in [6, 6.07) is 4.35.